The molecule has 0 heterocycles. The van der Waals surface area contributed by atoms with Gasteiger partial charge in [-0.15, -0.1) is 0 Å². The van der Waals surface area contributed by atoms with Crippen LogP contribution in [-0.2, 0) is 65.4 Å². The van der Waals surface area contributed by atoms with E-state index in [1.807, 2.05) is 0 Å². The van der Waals surface area contributed by atoms with Crippen LogP contribution >= 0.6 is 15.6 Å². The fourth-order valence-electron chi connectivity index (χ4n) is 12.7. The highest BCUT2D eigenvalue weighted by Crippen LogP contribution is 2.45. The fourth-order valence-corrected chi connectivity index (χ4v) is 14.2. The van der Waals surface area contributed by atoms with Crippen LogP contribution in [0.2, 0.25) is 0 Å². The lowest BCUT2D eigenvalue weighted by atomic mass is 10.0. The van der Waals surface area contributed by atoms with Crippen molar-refractivity contribution in [2.45, 2.75) is 446 Å². The van der Waals surface area contributed by atoms with Crippen LogP contribution in [0.3, 0.4) is 0 Å². The number of phosphoric acid groups is 2. The Hall–Kier alpha value is -1.94. The van der Waals surface area contributed by atoms with E-state index in [1.165, 1.54) is 238 Å². The third-order valence-electron chi connectivity index (χ3n) is 19.1. The molecule has 0 fully saturated rings. The molecule has 600 valence electrons. The summed E-state index contributed by atoms with van der Waals surface area (Å²) in [5.41, 5.74) is 0. The summed E-state index contributed by atoms with van der Waals surface area (Å²) in [6, 6.07) is 0. The minimum atomic E-state index is -4.96. The van der Waals surface area contributed by atoms with Crippen LogP contribution in [0.1, 0.15) is 427 Å². The van der Waals surface area contributed by atoms with Crippen molar-refractivity contribution in [3.05, 3.63) is 0 Å². The molecule has 0 spiro atoms. The van der Waals surface area contributed by atoms with Gasteiger partial charge in [-0.05, 0) is 43.4 Å². The Morgan fingerprint density at radius 2 is 0.455 bits per heavy atom. The molecule has 17 nitrogen and oxygen atoms in total. The molecule has 0 aromatic carbocycles. The van der Waals surface area contributed by atoms with Gasteiger partial charge in [-0.3, -0.25) is 37.3 Å². The molecule has 0 rings (SSSR count). The zero-order valence-electron chi connectivity index (χ0n) is 66.4. The summed E-state index contributed by atoms with van der Waals surface area (Å²) in [5.74, 6) is 0.254. The summed E-state index contributed by atoms with van der Waals surface area (Å²) in [6.45, 7) is 12.0. The Bertz CT molecular complexity index is 1960. The van der Waals surface area contributed by atoms with Crippen molar-refractivity contribution in [2.24, 2.45) is 17.8 Å². The van der Waals surface area contributed by atoms with Gasteiger partial charge in [0.1, 0.15) is 19.3 Å². The lowest BCUT2D eigenvalue weighted by molar-refractivity contribution is -0.161. The Labute approximate surface area is 619 Å². The second-order valence-electron chi connectivity index (χ2n) is 30.9. The second kappa shape index (κ2) is 72.3. The normalized spacial score (nSPS) is 14.0. The van der Waals surface area contributed by atoms with Gasteiger partial charge in [0.25, 0.3) is 0 Å². The number of hydrogen-bond donors (Lipinski definition) is 3. The first-order valence-corrected chi connectivity index (χ1v) is 45.3. The van der Waals surface area contributed by atoms with E-state index in [0.29, 0.717) is 25.7 Å². The first kappa shape index (κ1) is 99.1. The number of aliphatic hydroxyl groups is 1. The van der Waals surface area contributed by atoms with Crippen molar-refractivity contribution in [3.8, 4) is 0 Å². The first-order valence-electron chi connectivity index (χ1n) is 42.3. The molecule has 0 aliphatic rings. The fraction of sp³-hybridized carbons (Fsp3) is 0.951. The molecular weight excluding hydrogens is 1320 g/mol. The van der Waals surface area contributed by atoms with E-state index in [2.05, 4.69) is 48.5 Å². The maximum atomic E-state index is 13.1. The standard InChI is InChI=1S/C82H160O17P2/c1-8-9-10-11-12-13-25-35-42-49-56-63-79(84)92-69-78(99-82(87)66-59-52-45-38-31-30-34-41-48-55-62-75(6)7)72-97-101(90,91)95-68-76(83)67-94-100(88,89)96-71-77(70-93-80(85)64-57-50-43-36-28-24-20-22-27-33-40-47-54-61-74(4)5)98-81(86)65-58-51-44-37-29-23-19-17-15-14-16-18-21-26-32-39-46-53-60-73(2)3/h73-78,83H,8-72H2,1-7H3,(H,88,89)(H,90,91)/t76-,77-,78-/m1/s1. The number of carbonyl (C=O) groups excluding carboxylic acids is 4. The zero-order valence-corrected chi connectivity index (χ0v) is 68.2. The molecule has 0 saturated carbocycles. The van der Waals surface area contributed by atoms with Crippen molar-refractivity contribution in [1.29, 1.82) is 0 Å². The maximum absolute atomic E-state index is 13.1. The molecule has 3 N–H and O–H groups in total. The average molecular weight is 1480 g/mol. The number of unbranched alkanes of at least 4 members (excludes halogenated alkanes) is 48. The minimum absolute atomic E-state index is 0.106. The quantitative estimate of drug-likeness (QED) is 0.0222. The van der Waals surface area contributed by atoms with Crippen molar-refractivity contribution in [1.82, 2.24) is 0 Å². The Balaban J connectivity index is 5.23. The molecule has 2 unspecified atom stereocenters. The topological polar surface area (TPSA) is 237 Å². The number of hydrogen-bond acceptors (Lipinski definition) is 15. The highest BCUT2D eigenvalue weighted by molar-refractivity contribution is 7.47. The van der Waals surface area contributed by atoms with E-state index < -0.39 is 97.5 Å². The molecule has 19 heteroatoms. The minimum Gasteiger partial charge on any atom is -0.462 e. The number of aliphatic hydroxyl groups excluding tert-OH is 1. The maximum Gasteiger partial charge on any atom is 0.472 e. The molecule has 0 saturated heterocycles. The van der Waals surface area contributed by atoms with Crippen molar-refractivity contribution < 1.29 is 80.2 Å². The Morgan fingerprint density at radius 1 is 0.267 bits per heavy atom. The Kier molecular flexibility index (Phi) is 70.9. The van der Waals surface area contributed by atoms with Crippen LogP contribution in [0.25, 0.3) is 0 Å². The predicted octanol–water partition coefficient (Wildman–Crippen LogP) is 24.5. The van der Waals surface area contributed by atoms with Gasteiger partial charge in [-0.25, -0.2) is 9.13 Å². The number of esters is 4. The summed E-state index contributed by atoms with van der Waals surface area (Å²) in [5, 5.41) is 10.6. The van der Waals surface area contributed by atoms with E-state index in [4.69, 9.17) is 37.0 Å². The largest absolute Gasteiger partial charge is 0.472 e. The molecule has 101 heavy (non-hydrogen) atoms. The number of rotatable bonds is 80. The van der Waals surface area contributed by atoms with E-state index in [0.717, 1.165) is 108 Å². The monoisotopic (exact) mass is 1480 g/mol. The first-order chi connectivity index (χ1) is 48.7. The molecule has 0 amide bonds. The average Bonchev–Trinajstić information content (AvgIpc) is 0.941. The van der Waals surface area contributed by atoms with E-state index in [1.54, 1.807) is 0 Å². The van der Waals surface area contributed by atoms with E-state index in [-0.39, 0.29) is 25.7 Å². The van der Waals surface area contributed by atoms with Gasteiger partial charge < -0.3 is 33.8 Å². The lowest BCUT2D eigenvalue weighted by Crippen LogP contribution is -2.30. The highest BCUT2D eigenvalue weighted by Gasteiger charge is 2.30. The summed E-state index contributed by atoms with van der Waals surface area (Å²) >= 11 is 0. The molecule has 0 aromatic heterocycles. The van der Waals surface area contributed by atoms with Crippen LogP contribution in [0, 0.1) is 17.8 Å². The molecule has 0 aliphatic carbocycles. The van der Waals surface area contributed by atoms with Gasteiger partial charge >= 0.3 is 39.5 Å². The van der Waals surface area contributed by atoms with E-state index >= 15 is 0 Å². The third-order valence-corrected chi connectivity index (χ3v) is 21.0. The van der Waals surface area contributed by atoms with Crippen LogP contribution in [0.5, 0.6) is 0 Å². The molecule has 0 aliphatic heterocycles. The number of ether oxygens (including phenoxy) is 4. The summed E-state index contributed by atoms with van der Waals surface area (Å²) in [7, 11) is -9.92. The molecule has 5 atom stereocenters. The predicted molar refractivity (Wildman–Crippen MR) is 414 cm³/mol. The number of carbonyl (C=O) groups is 4. The van der Waals surface area contributed by atoms with Gasteiger partial charge in [0.15, 0.2) is 12.2 Å². The number of phosphoric ester groups is 2. The summed E-state index contributed by atoms with van der Waals surface area (Å²) in [4.78, 5) is 73.0. The second-order valence-corrected chi connectivity index (χ2v) is 33.8. The van der Waals surface area contributed by atoms with Crippen molar-refractivity contribution in [2.75, 3.05) is 39.6 Å². The molecule has 0 radical (unpaired) electrons. The third kappa shape index (κ3) is 76.1. The van der Waals surface area contributed by atoms with Crippen LogP contribution in [-0.4, -0.2) is 96.7 Å². The zero-order chi connectivity index (χ0) is 74.4. The lowest BCUT2D eigenvalue weighted by Gasteiger charge is -2.21. The molecule has 0 bridgehead atoms. The van der Waals surface area contributed by atoms with Crippen LogP contribution in [0.4, 0.5) is 0 Å². The van der Waals surface area contributed by atoms with Gasteiger partial charge in [0, 0.05) is 25.7 Å². The van der Waals surface area contributed by atoms with Crippen LogP contribution in [0.15, 0.2) is 0 Å². The summed E-state index contributed by atoms with van der Waals surface area (Å²) in [6.07, 6.45) is 61.0. The van der Waals surface area contributed by atoms with Crippen molar-refractivity contribution in [3.63, 3.8) is 0 Å². The van der Waals surface area contributed by atoms with Gasteiger partial charge in [-0.2, -0.15) is 0 Å². The van der Waals surface area contributed by atoms with Crippen molar-refractivity contribution >= 4 is 39.5 Å². The summed E-state index contributed by atoms with van der Waals surface area (Å²) < 4.78 is 68.7. The SMILES string of the molecule is CCCCCCCCCCCCCC(=O)OC[C@H](COP(=O)(O)OC[C@H](O)COP(=O)(O)OC[C@@H](COC(=O)CCCCCCCCCCCCCCCC(C)C)OC(=O)CCCCCCCCCCCCCCCCCCCCC(C)C)OC(=O)CCCCCCCCCCCCC(C)C. The Morgan fingerprint density at radius 3 is 0.673 bits per heavy atom. The van der Waals surface area contributed by atoms with E-state index in [9.17, 15) is 43.2 Å². The smallest absolute Gasteiger partial charge is 0.462 e. The van der Waals surface area contributed by atoms with Gasteiger partial charge in [0.05, 0.1) is 26.4 Å². The van der Waals surface area contributed by atoms with Gasteiger partial charge in [0.2, 0.25) is 0 Å². The van der Waals surface area contributed by atoms with Gasteiger partial charge in [-0.1, -0.05) is 376 Å². The molecule has 0 aromatic rings. The van der Waals surface area contributed by atoms with Crippen LogP contribution < -0.4 is 0 Å². The molecular formula is C82H160O17P2. The highest BCUT2D eigenvalue weighted by atomic mass is 31.2.